The van der Waals surface area contributed by atoms with E-state index >= 15 is 0 Å². The van der Waals surface area contributed by atoms with Crippen molar-refractivity contribution in [2.75, 3.05) is 46.5 Å². The molecule has 1 unspecified atom stereocenters. The number of piperidine rings is 1. The van der Waals surface area contributed by atoms with Crippen LogP contribution in [0.1, 0.15) is 70.0 Å². The average Bonchev–Trinajstić information content (AvgIpc) is 2.87. The van der Waals surface area contributed by atoms with E-state index < -0.39 is 5.92 Å². The second kappa shape index (κ2) is 14.9. The van der Waals surface area contributed by atoms with E-state index in [1.165, 1.54) is 12.1 Å². The smallest absolute Gasteiger partial charge is 0.317 e. The van der Waals surface area contributed by atoms with Crippen LogP contribution in [-0.2, 0) is 9.47 Å². The van der Waals surface area contributed by atoms with Gasteiger partial charge in [-0.2, -0.15) is 0 Å². The first-order valence-electron chi connectivity index (χ1n) is 13.8. The Morgan fingerprint density at radius 1 is 1.22 bits per heavy atom. The maximum Gasteiger partial charge on any atom is 0.317 e. The number of carbonyl (C=O) groups excluding carboxylic acids is 1. The lowest BCUT2D eigenvalue weighted by Crippen LogP contribution is -2.52. The Balaban J connectivity index is 1.60. The van der Waals surface area contributed by atoms with Gasteiger partial charge >= 0.3 is 6.03 Å². The van der Waals surface area contributed by atoms with Crippen LogP contribution in [0.3, 0.4) is 0 Å². The largest absolute Gasteiger partial charge is 0.382 e. The number of nitrogens with one attached hydrogen (secondary N) is 2. The maximum atomic E-state index is 14.0. The lowest BCUT2D eigenvalue weighted by atomic mass is 9.83. The lowest BCUT2D eigenvalue weighted by molar-refractivity contribution is -0.0473. The van der Waals surface area contributed by atoms with E-state index in [0.29, 0.717) is 58.7 Å². The average molecular weight is 528 g/mol. The summed E-state index contributed by atoms with van der Waals surface area (Å²) in [5, 5.41) is 6.28. The van der Waals surface area contributed by atoms with Gasteiger partial charge in [0, 0.05) is 64.3 Å². The number of rotatable bonds is 13. The van der Waals surface area contributed by atoms with Crippen LogP contribution < -0.4 is 10.6 Å². The molecular formula is C28H44F3N3O3. The van der Waals surface area contributed by atoms with Crippen LogP contribution in [-0.4, -0.2) is 69.4 Å². The third kappa shape index (κ3) is 9.76. The highest BCUT2D eigenvalue weighted by Gasteiger charge is 2.36. The number of likely N-dealkylation sites (tertiary alicyclic amines) is 1. The minimum absolute atomic E-state index is 0.0386. The van der Waals surface area contributed by atoms with Gasteiger partial charge in [0.1, 0.15) is 5.82 Å². The molecule has 2 aliphatic rings. The van der Waals surface area contributed by atoms with Crippen LogP contribution in [0.25, 0.3) is 0 Å². The molecule has 6 nitrogen and oxygen atoms in total. The van der Waals surface area contributed by atoms with Crippen LogP contribution in [0.15, 0.2) is 24.3 Å². The first-order valence-corrected chi connectivity index (χ1v) is 13.8. The van der Waals surface area contributed by atoms with Gasteiger partial charge in [0.25, 0.3) is 0 Å². The Morgan fingerprint density at radius 2 is 2.00 bits per heavy atom. The highest BCUT2D eigenvalue weighted by Crippen LogP contribution is 2.38. The summed E-state index contributed by atoms with van der Waals surface area (Å²) in [4.78, 5) is 15.1. The van der Waals surface area contributed by atoms with E-state index in [1.807, 2.05) is 24.9 Å². The molecule has 1 saturated carbocycles. The van der Waals surface area contributed by atoms with E-state index in [9.17, 15) is 18.0 Å². The van der Waals surface area contributed by atoms with Crippen molar-refractivity contribution in [2.24, 2.45) is 11.8 Å². The Morgan fingerprint density at radius 3 is 2.70 bits per heavy atom. The fourth-order valence-corrected chi connectivity index (χ4v) is 5.59. The first kappa shape index (κ1) is 29.7. The number of nitrogens with zero attached hydrogens (tertiary/aromatic N) is 1. The van der Waals surface area contributed by atoms with E-state index in [2.05, 4.69) is 10.6 Å². The standard InChI is InChI=1S/C28H44F3N3O3/c1-3-36-15-6-16-37-26(22-7-4-9-24(29)18-22)23-8-5-14-34(20-23)27(35)33-25(19-32-2)17-21-10-12-28(30,31)13-11-21/h4,7,9,18,21,23,25-26,32H,3,5-6,8,10-17,19-20H2,1-2H3,(H,33,35)/t23-,25?,26+/m1/s1. The zero-order valence-electron chi connectivity index (χ0n) is 22.3. The summed E-state index contributed by atoms with van der Waals surface area (Å²) in [6, 6.07) is 6.25. The normalized spacial score (nSPS) is 22.0. The van der Waals surface area contributed by atoms with Gasteiger partial charge < -0.3 is 25.0 Å². The molecule has 2 fully saturated rings. The van der Waals surface area contributed by atoms with Crippen LogP contribution in [0.2, 0.25) is 0 Å². The third-order valence-corrected chi connectivity index (χ3v) is 7.52. The minimum Gasteiger partial charge on any atom is -0.382 e. The van der Waals surface area contributed by atoms with Gasteiger partial charge in [-0.25, -0.2) is 18.0 Å². The van der Waals surface area contributed by atoms with Crippen molar-refractivity contribution in [2.45, 2.75) is 76.4 Å². The molecule has 0 bridgehead atoms. The Bertz CT molecular complexity index is 819. The highest BCUT2D eigenvalue weighted by molar-refractivity contribution is 5.74. The van der Waals surface area contributed by atoms with Crippen molar-refractivity contribution < 1.29 is 27.4 Å². The molecule has 37 heavy (non-hydrogen) atoms. The third-order valence-electron chi connectivity index (χ3n) is 7.52. The van der Waals surface area contributed by atoms with Crippen molar-refractivity contribution in [1.82, 2.24) is 15.5 Å². The molecule has 9 heteroatoms. The van der Waals surface area contributed by atoms with Crippen LogP contribution in [0.4, 0.5) is 18.0 Å². The van der Waals surface area contributed by atoms with Crippen LogP contribution in [0, 0.1) is 17.7 Å². The summed E-state index contributed by atoms with van der Waals surface area (Å²) in [5.41, 5.74) is 0.783. The van der Waals surface area contributed by atoms with Gasteiger partial charge in [0.05, 0.1) is 6.10 Å². The molecule has 1 heterocycles. The SMILES string of the molecule is CCOCCCO[C@@H](c1cccc(F)c1)[C@@H]1CCCN(C(=O)NC(CNC)CC2CCC(F)(F)CC2)C1. The van der Waals surface area contributed by atoms with Crippen molar-refractivity contribution in [3.63, 3.8) is 0 Å². The zero-order valence-corrected chi connectivity index (χ0v) is 22.3. The predicted molar refractivity (Wildman–Crippen MR) is 138 cm³/mol. The number of amides is 2. The van der Waals surface area contributed by atoms with Gasteiger partial charge in [-0.05, 0) is 76.1 Å². The Kier molecular flexibility index (Phi) is 12.0. The van der Waals surface area contributed by atoms with E-state index in [1.54, 1.807) is 6.07 Å². The molecule has 1 aliphatic carbocycles. The number of hydrogen-bond donors (Lipinski definition) is 2. The topological polar surface area (TPSA) is 62.8 Å². The molecule has 1 aliphatic heterocycles. The molecule has 1 aromatic rings. The summed E-state index contributed by atoms with van der Waals surface area (Å²) >= 11 is 0. The number of hydrogen-bond acceptors (Lipinski definition) is 4. The zero-order chi connectivity index (χ0) is 26.7. The van der Waals surface area contributed by atoms with E-state index in [4.69, 9.17) is 9.47 Å². The number of halogens is 3. The molecule has 210 valence electrons. The van der Waals surface area contributed by atoms with Gasteiger partial charge in [-0.15, -0.1) is 0 Å². The molecule has 2 N–H and O–H groups in total. The van der Waals surface area contributed by atoms with Gasteiger partial charge in [-0.1, -0.05) is 12.1 Å². The summed E-state index contributed by atoms with van der Waals surface area (Å²) in [6.07, 6.45) is 3.67. The second-order valence-corrected chi connectivity index (χ2v) is 10.5. The van der Waals surface area contributed by atoms with Crippen LogP contribution in [0.5, 0.6) is 0 Å². The van der Waals surface area contributed by atoms with Gasteiger partial charge in [0.2, 0.25) is 5.92 Å². The molecule has 2 amide bonds. The number of alkyl halides is 2. The van der Waals surface area contributed by atoms with Crippen molar-refractivity contribution in [3.8, 4) is 0 Å². The summed E-state index contributed by atoms with van der Waals surface area (Å²) in [6.45, 7) is 5.45. The molecule has 0 aromatic heterocycles. The molecule has 1 aromatic carbocycles. The van der Waals surface area contributed by atoms with Gasteiger partial charge in [-0.3, -0.25) is 0 Å². The molecule has 0 radical (unpaired) electrons. The molecule has 0 spiro atoms. The molecule has 3 rings (SSSR count). The number of urea groups is 1. The Labute approximate surface area is 219 Å². The summed E-state index contributed by atoms with van der Waals surface area (Å²) in [7, 11) is 1.83. The van der Waals surface area contributed by atoms with Gasteiger partial charge in [0.15, 0.2) is 0 Å². The summed E-state index contributed by atoms with van der Waals surface area (Å²) < 4.78 is 52.9. The van der Waals surface area contributed by atoms with Crippen molar-refractivity contribution in [3.05, 3.63) is 35.6 Å². The monoisotopic (exact) mass is 527 g/mol. The van der Waals surface area contributed by atoms with E-state index in [-0.39, 0.29) is 48.7 Å². The molecule has 3 atom stereocenters. The fourth-order valence-electron chi connectivity index (χ4n) is 5.59. The van der Waals surface area contributed by atoms with Crippen LogP contribution >= 0.6 is 0 Å². The first-order chi connectivity index (χ1) is 17.8. The second-order valence-electron chi connectivity index (χ2n) is 10.5. The summed E-state index contributed by atoms with van der Waals surface area (Å²) in [5.74, 6) is -2.63. The number of likely N-dealkylation sites (N-methyl/N-ethyl adjacent to an activating group) is 1. The Hall–Kier alpha value is -1.84. The number of benzene rings is 1. The van der Waals surface area contributed by atoms with Crippen molar-refractivity contribution in [1.29, 1.82) is 0 Å². The molecule has 1 saturated heterocycles. The highest BCUT2D eigenvalue weighted by atomic mass is 19.3. The molecular weight excluding hydrogens is 483 g/mol. The number of carbonyl (C=O) groups is 1. The maximum absolute atomic E-state index is 14.0. The quantitative estimate of drug-likeness (QED) is 0.331. The predicted octanol–water partition coefficient (Wildman–Crippen LogP) is 5.54. The minimum atomic E-state index is -2.55. The fraction of sp³-hybridized carbons (Fsp3) is 0.750. The van der Waals surface area contributed by atoms with E-state index in [0.717, 1.165) is 24.8 Å². The number of ether oxygens (including phenoxy) is 2. The lowest BCUT2D eigenvalue weighted by Gasteiger charge is -2.38. The van der Waals surface area contributed by atoms with Crippen molar-refractivity contribution >= 4 is 6.03 Å².